The number of nitrogens with zero attached hydrogens (tertiary/aromatic N) is 1. The van der Waals surface area contributed by atoms with Crippen LogP contribution in [-0.4, -0.2) is 34.5 Å². The standard InChI is InChI=1S/C22H23NO3/c1-15-13-19(22(25)26)23(14-16(15)2)21(24)20(17-9-5-3-6-10-17)18-11-7-4-8-12-18/h3-12,19-20H,13-14H2,1-2H3,(H,25,26). The van der Waals surface area contributed by atoms with E-state index in [1.165, 1.54) is 4.90 Å². The summed E-state index contributed by atoms with van der Waals surface area (Å²) in [6, 6.07) is 18.3. The molecule has 2 aromatic rings. The monoisotopic (exact) mass is 349 g/mol. The average Bonchev–Trinajstić information content (AvgIpc) is 2.65. The topological polar surface area (TPSA) is 57.6 Å². The third-order valence-electron chi connectivity index (χ3n) is 5.09. The van der Waals surface area contributed by atoms with E-state index in [1.807, 2.05) is 74.5 Å². The van der Waals surface area contributed by atoms with Crippen molar-refractivity contribution in [3.63, 3.8) is 0 Å². The number of hydrogen-bond donors (Lipinski definition) is 1. The largest absolute Gasteiger partial charge is 0.480 e. The molecule has 1 amide bonds. The summed E-state index contributed by atoms with van der Waals surface area (Å²) in [5, 5.41) is 9.67. The van der Waals surface area contributed by atoms with E-state index in [9.17, 15) is 14.7 Å². The Morgan fingerprint density at radius 3 is 1.88 bits per heavy atom. The van der Waals surface area contributed by atoms with Gasteiger partial charge in [-0.15, -0.1) is 0 Å². The number of rotatable bonds is 4. The molecule has 0 saturated heterocycles. The van der Waals surface area contributed by atoms with Gasteiger partial charge in [0.15, 0.2) is 0 Å². The van der Waals surface area contributed by atoms with Crippen molar-refractivity contribution in [1.29, 1.82) is 0 Å². The van der Waals surface area contributed by atoms with Crippen molar-refractivity contribution in [3.05, 3.63) is 82.9 Å². The number of carbonyl (C=O) groups is 2. The average molecular weight is 349 g/mol. The Morgan fingerprint density at radius 1 is 0.923 bits per heavy atom. The lowest BCUT2D eigenvalue weighted by atomic mass is 9.87. The molecule has 3 rings (SSSR count). The molecule has 1 unspecified atom stereocenters. The number of amides is 1. The molecular weight excluding hydrogens is 326 g/mol. The normalized spacial score (nSPS) is 17.5. The quantitative estimate of drug-likeness (QED) is 0.853. The van der Waals surface area contributed by atoms with E-state index in [0.29, 0.717) is 13.0 Å². The lowest BCUT2D eigenvalue weighted by Crippen LogP contribution is -2.50. The number of hydrogen-bond acceptors (Lipinski definition) is 2. The Kier molecular flexibility index (Phi) is 5.21. The SMILES string of the molecule is CC1=C(C)CN(C(=O)C(c2ccccc2)c2ccccc2)C(C(=O)O)C1. The van der Waals surface area contributed by atoms with Gasteiger partial charge in [0.1, 0.15) is 6.04 Å². The molecular formula is C22H23NO3. The zero-order valence-corrected chi connectivity index (χ0v) is 15.1. The molecule has 1 aliphatic heterocycles. The van der Waals surface area contributed by atoms with Crippen LogP contribution in [0.25, 0.3) is 0 Å². The Labute approximate surface area is 153 Å². The van der Waals surface area contributed by atoms with Gasteiger partial charge in [-0.1, -0.05) is 71.8 Å². The lowest BCUT2D eigenvalue weighted by molar-refractivity contribution is -0.150. The summed E-state index contributed by atoms with van der Waals surface area (Å²) in [5.41, 5.74) is 3.86. The first-order chi connectivity index (χ1) is 12.5. The van der Waals surface area contributed by atoms with E-state index >= 15 is 0 Å². The maximum absolute atomic E-state index is 13.5. The van der Waals surface area contributed by atoms with Gasteiger partial charge in [0.2, 0.25) is 5.91 Å². The van der Waals surface area contributed by atoms with Crippen molar-refractivity contribution >= 4 is 11.9 Å². The molecule has 0 fully saturated rings. The second-order valence-corrected chi connectivity index (χ2v) is 6.84. The number of benzene rings is 2. The van der Waals surface area contributed by atoms with E-state index in [-0.39, 0.29) is 5.91 Å². The van der Waals surface area contributed by atoms with Crippen LogP contribution in [-0.2, 0) is 9.59 Å². The van der Waals surface area contributed by atoms with Crippen LogP contribution in [0.1, 0.15) is 37.3 Å². The molecule has 1 heterocycles. The smallest absolute Gasteiger partial charge is 0.326 e. The minimum Gasteiger partial charge on any atom is -0.480 e. The van der Waals surface area contributed by atoms with Gasteiger partial charge in [-0.2, -0.15) is 0 Å². The van der Waals surface area contributed by atoms with Gasteiger partial charge in [-0.3, -0.25) is 4.79 Å². The first-order valence-electron chi connectivity index (χ1n) is 8.77. The van der Waals surface area contributed by atoms with Gasteiger partial charge in [0.25, 0.3) is 0 Å². The van der Waals surface area contributed by atoms with Crippen LogP contribution < -0.4 is 0 Å². The molecule has 134 valence electrons. The van der Waals surface area contributed by atoms with Crippen molar-refractivity contribution in [2.45, 2.75) is 32.2 Å². The third kappa shape index (κ3) is 3.54. The van der Waals surface area contributed by atoms with Gasteiger partial charge >= 0.3 is 5.97 Å². The van der Waals surface area contributed by atoms with Crippen molar-refractivity contribution < 1.29 is 14.7 Å². The fourth-order valence-electron chi connectivity index (χ4n) is 3.46. The second kappa shape index (κ2) is 7.56. The number of carboxylic acid groups (broad SMARTS) is 1. The van der Waals surface area contributed by atoms with Crippen LogP contribution in [0.5, 0.6) is 0 Å². The molecule has 4 nitrogen and oxygen atoms in total. The summed E-state index contributed by atoms with van der Waals surface area (Å²) < 4.78 is 0. The van der Waals surface area contributed by atoms with E-state index in [1.54, 1.807) is 0 Å². The predicted molar refractivity (Wildman–Crippen MR) is 101 cm³/mol. The molecule has 0 spiro atoms. The molecule has 0 bridgehead atoms. The third-order valence-corrected chi connectivity index (χ3v) is 5.09. The molecule has 1 N–H and O–H groups in total. The van der Waals surface area contributed by atoms with E-state index in [0.717, 1.165) is 22.3 Å². The first kappa shape index (κ1) is 17.9. The molecule has 0 aliphatic carbocycles. The summed E-state index contributed by atoms with van der Waals surface area (Å²) >= 11 is 0. The van der Waals surface area contributed by atoms with Gasteiger partial charge in [0, 0.05) is 6.54 Å². The van der Waals surface area contributed by atoms with E-state index in [2.05, 4.69) is 0 Å². The highest BCUT2D eigenvalue weighted by atomic mass is 16.4. The number of aliphatic carboxylic acids is 1. The van der Waals surface area contributed by atoms with Gasteiger partial charge in [-0.25, -0.2) is 4.79 Å². The van der Waals surface area contributed by atoms with Crippen molar-refractivity contribution in [2.75, 3.05) is 6.54 Å². The van der Waals surface area contributed by atoms with Crippen LogP contribution in [0, 0.1) is 0 Å². The molecule has 0 aromatic heterocycles. The molecule has 1 atom stereocenters. The summed E-state index contributed by atoms with van der Waals surface area (Å²) in [6.45, 7) is 4.27. The maximum Gasteiger partial charge on any atom is 0.326 e. The van der Waals surface area contributed by atoms with Crippen molar-refractivity contribution in [2.24, 2.45) is 0 Å². The van der Waals surface area contributed by atoms with Crippen LogP contribution >= 0.6 is 0 Å². The second-order valence-electron chi connectivity index (χ2n) is 6.84. The minimum absolute atomic E-state index is 0.165. The summed E-state index contributed by atoms with van der Waals surface area (Å²) in [5.74, 6) is -1.63. The molecule has 0 saturated carbocycles. The molecule has 0 radical (unpaired) electrons. The number of carboxylic acids is 1. The van der Waals surface area contributed by atoms with Crippen LogP contribution in [0.2, 0.25) is 0 Å². The lowest BCUT2D eigenvalue weighted by Gasteiger charge is -2.37. The molecule has 2 aromatic carbocycles. The fraction of sp³-hybridized carbons (Fsp3) is 0.273. The predicted octanol–water partition coefficient (Wildman–Crippen LogP) is 3.84. The van der Waals surface area contributed by atoms with Gasteiger partial charge < -0.3 is 10.0 Å². The Bertz CT molecular complexity index is 787. The van der Waals surface area contributed by atoms with Crippen LogP contribution in [0.4, 0.5) is 0 Å². The van der Waals surface area contributed by atoms with E-state index < -0.39 is 17.9 Å². The highest BCUT2D eigenvalue weighted by Gasteiger charge is 2.37. The molecule has 1 aliphatic rings. The van der Waals surface area contributed by atoms with Crippen LogP contribution in [0.15, 0.2) is 71.8 Å². The van der Waals surface area contributed by atoms with Crippen molar-refractivity contribution in [3.8, 4) is 0 Å². The summed E-state index contributed by atoms with van der Waals surface area (Å²) in [6.07, 6.45) is 0.378. The zero-order chi connectivity index (χ0) is 18.7. The highest BCUT2D eigenvalue weighted by Crippen LogP contribution is 2.31. The zero-order valence-electron chi connectivity index (χ0n) is 15.1. The Hall–Kier alpha value is -2.88. The molecule has 26 heavy (non-hydrogen) atoms. The summed E-state index contributed by atoms with van der Waals surface area (Å²) in [4.78, 5) is 26.8. The van der Waals surface area contributed by atoms with Crippen LogP contribution in [0.3, 0.4) is 0 Å². The van der Waals surface area contributed by atoms with Gasteiger partial charge in [0.05, 0.1) is 5.92 Å². The van der Waals surface area contributed by atoms with Gasteiger partial charge in [-0.05, 0) is 31.4 Å². The Morgan fingerprint density at radius 2 is 1.42 bits per heavy atom. The fourth-order valence-corrected chi connectivity index (χ4v) is 3.46. The first-order valence-corrected chi connectivity index (χ1v) is 8.77. The molecule has 4 heteroatoms. The van der Waals surface area contributed by atoms with Crippen molar-refractivity contribution in [1.82, 2.24) is 4.90 Å². The number of carbonyl (C=O) groups excluding carboxylic acids is 1. The minimum atomic E-state index is -0.954. The summed E-state index contributed by atoms with van der Waals surface area (Å²) in [7, 11) is 0. The maximum atomic E-state index is 13.5. The Balaban J connectivity index is 2.04. The highest BCUT2D eigenvalue weighted by molar-refractivity contribution is 5.91. The van der Waals surface area contributed by atoms with E-state index in [4.69, 9.17) is 0 Å².